The number of carboxylic acid groups (broad SMARTS) is 1. The predicted octanol–water partition coefficient (Wildman–Crippen LogP) is 0.0395. The average molecular weight is 280 g/mol. The SMILES string of the molecule is CC(C)C[C@H](NC(=O)[C@@H]1Cc2nc[nH]c2CN1)C(=O)O. The zero-order chi connectivity index (χ0) is 14.7. The molecule has 0 unspecified atom stereocenters. The number of nitrogens with zero attached hydrogens (tertiary/aromatic N) is 1. The van der Waals surface area contributed by atoms with E-state index in [-0.39, 0.29) is 11.8 Å². The standard InChI is InChI=1S/C13H20N4O3/c1-7(2)3-10(13(19)20)17-12(18)9-4-8-11(5-14-9)16-6-15-8/h6-7,9-10,14H,3-5H2,1-2H3,(H,15,16)(H,17,18)(H,19,20)/t9-,10-/m0/s1. The summed E-state index contributed by atoms with van der Waals surface area (Å²) >= 11 is 0. The highest BCUT2D eigenvalue weighted by Gasteiger charge is 2.29. The van der Waals surface area contributed by atoms with Gasteiger partial charge in [0.15, 0.2) is 0 Å². The van der Waals surface area contributed by atoms with Gasteiger partial charge in [0, 0.05) is 13.0 Å². The molecule has 7 heteroatoms. The summed E-state index contributed by atoms with van der Waals surface area (Å²) in [5, 5.41) is 14.8. The van der Waals surface area contributed by atoms with Gasteiger partial charge in [-0.15, -0.1) is 0 Å². The highest BCUT2D eigenvalue weighted by Crippen LogP contribution is 2.13. The zero-order valence-corrected chi connectivity index (χ0v) is 11.6. The van der Waals surface area contributed by atoms with Gasteiger partial charge < -0.3 is 15.4 Å². The van der Waals surface area contributed by atoms with E-state index in [1.54, 1.807) is 6.33 Å². The summed E-state index contributed by atoms with van der Waals surface area (Å²) in [6.07, 6.45) is 2.49. The molecule has 1 amide bonds. The Morgan fingerprint density at radius 1 is 1.55 bits per heavy atom. The molecule has 4 N–H and O–H groups in total. The second kappa shape index (κ2) is 6.04. The number of carbonyl (C=O) groups is 2. The molecule has 0 fully saturated rings. The molecule has 2 atom stereocenters. The molecule has 1 aromatic heterocycles. The molecule has 0 bridgehead atoms. The lowest BCUT2D eigenvalue weighted by atomic mass is 10.0. The van der Waals surface area contributed by atoms with Crippen molar-refractivity contribution in [3.63, 3.8) is 0 Å². The molecule has 0 saturated heterocycles. The predicted molar refractivity (Wildman–Crippen MR) is 71.9 cm³/mol. The van der Waals surface area contributed by atoms with Gasteiger partial charge in [0.1, 0.15) is 6.04 Å². The third-order valence-corrected chi connectivity index (χ3v) is 3.37. The second-order valence-corrected chi connectivity index (χ2v) is 5.49. The van der Waals surface area contributed by atoms with Crippen LogP contribution in [0.4, 0.5) is 0 Å². The number of aromatic amines is 1. The van der Waals surface area contributed by atoms with Crippen LogP contribution in [0.1, 0.15) is 31.7 Å². The van der Waals surface area contributed by atoms with E-state index in [9.17, 15) is 9.59 Å². The number of imidazole rings is 1. The summed E-state index contributed by atoms with van der Waals surface area (Å²) in [6, 6.07) is -1.27. The van der Waals surface area contributed by atoms with E-state index in [1.807, 2.05) is 13.8 Å². The lowest BCUT2D eigenvalue weighted by molar-refractivity contribution is -0.142. The lowest BCUT2D eigenvalue weighted by Crippen LogP contribution is -2.52. The van der Waals surface area contributed by atoms with E-state index in [0.29, 0.717) is 19.4 Å². The van der Waals surface area contributed by atoms with E-state index in [2.05, 4.69) is 20.6 Å². The number of aromatic nitrogens is 2. The summed E-state index contributed by atoms with van der Waals surface area (Å²) < 4.78 is 0. The minimum atomic E-state index is -0.997. The minimum absolute atomic E-state index is 0.202. The average Bonchev–Trinajstić information content (AvgIpc) is 2.84. The van der Waals surface area contributed by atoms with Crippen molar-refractivity contribution in [2.75, 3.05) is 0 Å². The molecule has 2 heterocycles. The Hall–Kier alpha value is -1.89. The Balaban J connectivity index is 1.96. The van der Waals surface area contributed by atoms with Gasteiger partial charge in [-0.25, -0.2) is 9.78 Å². The van der Waals surface area contributed by atoms with Crippen LogP contribution in [0, 0.1) is 5.92 Å². The Bertz CT molecular complexity index is 498. The first kappa shape index (κ1) is 14.5. The molecule has 0 saturated carbocycles. The van der Waals surface area contributed by atoms with E-state index >= 15 is 0 Å². The highest BCUT2D eigenvalue weighted by molar-refractivity contribution is 5.87. The van der Waals surface area contributed by atoms with Crippen molar-refractivity contribution >= 4 is 11.9 Å². The van der Waals surface area contributed by atoms with Crippen molar-refractivity contribution in [3.8, 4) is 0 Å². The number of hydrogen-bond donors (Lipinski definition) is 4. The van der Waals surface area contributed by atoms with Crippen molar-refractivity contribution in [1.82, 2.24) is 20.6 Å². The van der Waals surface area contributed by atoms with Crippen molar-refractivity contribution < 1.29 is 14.7 Å². The Morgan fingerprint density at radius 3 is 2.95 bits per heavy atom. The molecule has 0 aromatic carbocycles. The van der Waals surface area contributed by atoms with Crippen LogP contribution in [0.5, 0.6) is 0 Å². The van der Waals surface area contributed by atoms with Crippen molar-refractivity contribution in [3.05, 3.63) is 17.7 Å². The van der Waals surface area contributed by atoms with E-state index in [0.717, 1.165) is 11.4 Å². The van der Waals surface area contributed by atoms with Gasteiger partial charge in [0.05, 0.1) is 23.8 Å². The first-order valence-corrected chi connectivity index (χ1v) is 6.75. The number of H-pyrrole nitrogens is 1. The number of nitrogens with one attached hydrogen (secondary N) is 3. The molecule has 7 nitrogen and oxygen atoms in total. The number of carboxylic acids is 1. The van der Waals surface area contributed by atoms with Gasteiger partial charge in [-0.3, -0.25) is 10.1 Å². The maximum absolute atomic E-state index is 12.2. The molecule has 0 radical (unpaired) electrons. The molecule has 1 aromatic rings. The van der Waals surface area contributed by atoms with Gasteiger partial charge in [-0.2, -0.15) is 0 Å². The van der Waals surface area contributed by atoms with Gasteiger partial charge in [0.25, 0.3) is 0 Å². The summed E-state index contributed by atoms with van der Waals surface area (Å²) in [4.78, 5) is 30.5. The topological polar surface area (TPSA) is 107 Å². The Labute approximate surface area is 117 Å². The van der Waals surface area contributed by atoms with Crippen LogP contribution in [0.3, 0.4) is 0 Å². The maximum atomic E-state index is 12.2. The monoisotopic (exact) mass is 280 g/mol. The summed E-state index contributed by atoms with van der Waals surface area (Å²) in [6.45, 7) is 4.39. The van der Waals surface area contributed by atoms with Crippen LogP contribution in [-0.2, 0) is 22.6 Å². The van der Waals surface area contributed by atoms with Crippen LogP contribution in [0.25, 0.3) is 0 Å². The quantitative estimate of drug-likeness (QED) is 0.609. The number of amides is 1. The molecule has 2 rings (SSSR count). The van der Waals surface area contributed by atoms with Crippen molar-refractivity contribution in [2.45, 2.75) is 45.3 Å². The number of aliphatic carboxylic acids is 1. The second-order valence-electron chi connectivity index (χ2n) is 5.49. The first-order chi connectivity index (χ1) is 9.47. The molecule has 0 spiro atoms. The molecule has 20 heavy (non-hydrogen) atoms. The molecular formula is C13H20N4O3. The van der Waals surface area contributed by atoms with Crippen molar-refractivity contribution in [1.29, 1.82) is 0 Å². The Morgan fingerprint density at radius 2 is 2.30 bits per heavy atom. The lowest BCUT2D eigenvalue weighted by Gasteiger charge is -2.24. The third kappa shape index (κ3) is 3.36. The highest BCUT2D eigenvalue weighted by atomic mass is 16.4. The Kier molecular flexibility index (Phi) is 4.39. The summed E-state index contributed by atoms with van der Waals surface area (Å²) in [5.74, 6) is -1.08. The van der Waals surface area contributed by atoms with E-state index in [1.165, 1.54) is 0 Å². The number of carbonyl (C=O) groups excluding carboxylic acids is 1. The fourth-order valence-electron chi connectivity index (χ4n) is 2.32. The van der Waals surface area contributed by atoms with Crippen LogP contribution >= 0.6 is 0 Å². The largest absolute Gasteiger partial charge is 0.480 e. The molecular weight excluding hydrogens is 260 g/mol. The minimum Gasteiger partial charge on any atom is -0.480 e. The maximum Gasteiger partial charge on any atom is 0.326 e. The van der Waals surface area contributed by atoms with Crippen LogP contribution < -0.4 is 10.6 Å². The van der Waals surface area contributed by atoms with Crippen LogP contribution in [0.2, 0.25) is 0 Å². The van der Waals surface area contributed by atoms with Gasteiger partial charge >= 0.3 is 5.97 Å². The number of rotatable bonds is 5. The fraction of sp³-hybridized carbons (Fsp3) is 0.615. The molecule has 1 aliphatic rings. The number of hydrogen-bond acceptors (Lipinski definition) is 4. The molecule has 1 aliphatic heterocycles. The smallest absolute Gasteiger partial charge is 0.326 e. The first-order valence-electron chi connectivity index (χ1n) is 6.75. The van der Waals surface area contributed by atoms with Gasteiger partial charge in [-0.1, -0.05) is 13.8 Å². The fourth-order valence-corrected chi connectivity index (χ4v) is 2.32. The normalized spacial score (nSPS) is 19.4. The molecule has 0 aliphatic carbocycles. The zero-order valence-electron chi connectivity index (χ0n) is 11.6. The van der Waals surface area contributed by atoms with Gasteiger partial charge in [-0.05, 0) is 12.3 Å². The number of fused-ring (bicyclic) bond motifs is 1. The summed E-state index contributed by atoms with van der Waals surface area (Å²) in [7, 11) is 0. The van der Waals surface area contributed by atoms with E-state index in [4.69, 9.17) is 5.11 Å². The summed E-state index contributed by atoms with van der Waals surface area (Å²) in [5.41, 5.74) is 1.84. The third-order valence-electron chi connectivity index (χ3n) is 3.37. The van der Waals surface area contributed by atoms with Crippen LogP contribution in [0.15, 0.2) is 6.33 Å². The van der Waals surface area contributed by atoms with E-state index < -0.39 is 18.1 Å². The van der Waals surface area contributed by atoms with Crippen molar-refractivity contribution in [2.24, 2.45) is 5.92 Å². The van der Waals surface area contributed by atoms with Gasteiger partial charge in [0.2, 0.25) is 5.91 Å². The van der Waals surface area contributed by atoms with Crippen LogP contribution in [-0.4, -0.2) is 39.0 Å². The molecule has 110 valence electrons.